The zero-order chi connectivity index (χ0) is 12.3. The number of hydrogen-bond acceptors (Lipinski definition) is 3. The van der Waals surface area contributed by atoms with Crippen LogP contribution >= 0.6 is 0 Å². The van der Waals surface area contributed by atoms with Crippen LogP contribution in [0.2, 0.25) is 0 Å². The predicted octanol–water partition coefficient (Wildman–Crippen LogP) is 3.01. The second kappa shape index (κ2) is 4.95. The lowest BCUT2D eigenvalue weighted by atomic mass is 10.1. The molecule has 0 aliphatic carbocycles. The Kier molecular flexibility index (Phi) is 3.38. The van der Waals surface area contributed by atoms with E-state index in [1.807, 2.05) is 12.4 Å². The van der Waals surface area contributed by atoms with E-state index in [0.29, 0.717) is 0 Å². The minimum atomic E-state index is 0.756. The van der Waals surface area contributed by atoms with Crippen LogP contribution in [0.25, 0.3) is 0 Å². The Hall–Kier alpha value is -1.90. The molecule has 0 amide bonds. The summed E-state index contributed by atoms with van der Waals surface area (Å²) in [6.07, 6.45) is 5.21. The van der Waals surface area contributed by atoms with Crippen LogP contribution < -0.4 is 5.32 Å². The number of anilines is 1. The summed E-state index contributed by atoms with van der Waals surface area (Å²) in [6, 6.07) is 4.38. The summed E-state index contributed by atoms with van der Waals surface area (Å²) < 4.78 is 0. The van der Waals surface area contributed by atoms with E-state index in [9.17, 15) is 0 Å². The number of nitrogens with zero attached hydrogens (tertiary/aromatic N) is 2. The number of nitrogens with one attached hydrogen (secondary N) is 1. The lowest BCUT2D eigenvalue weighted by molar-refractivity contribution is 1.04. The third-order valence-electron chi connectivity index (χ3n) is 2.76. The van der Waals surface area contributed by atoms with Crippen molar-refractivity contribution in [3.63, 3.8) is 0 Å². The molecule has 0 saturated heterocycles. The van der Waals surface area contributed by atoms with E-state index >= 15 is 0 Å². The van der Waals surface area contributed by atoms with Gasteiger partial charge in [0.05, 0.1) is 0 Å². The highest BCUT2D eigenvalue weighted by atomic mass is 14.9. The number of benzene rings is 1. The van der Waals surface area contributed by atoms with Gasteiger partial charge in [-0.05, 0) is 31.9 Å². The van der Waals surface area contributed by atoms with Crippen molar-refractivity contribution in [3.8, 4) is 0 Å². The number of aryl methyl sites for hydroxylation is 3. The molecule has 3 heteroatoms. The smallest absolute Gasteiger partial charge is 0.115 e. The highest BCUT2D eigenvalue weighted by Crippen LogP contribution is 2.22. The molecule has 0 aliphatic rings. The van der Waals surface area contributed by atoms with Crippen LogP contribution in [0.15, 0.2) is 30.9 Å². The van der Waals surface area contributed by atoms with Crippen LogP contribution in [0.5, 0.6) is 0 Å². The molecule has 2 rings (SSSR count). The zero-order valence-electron chi connectivity index (χ0n) is 10.5. The van der Waals surface area contributed by atoms with E-state index in [2.05, 4.69) is 48.2 Å². The fourth-order valence-electron chi connectivity index (χ4n) is 2.07. The van der Waals surface area contributed by atoms with Gasteiger partial charge < -0.3 is 5.32 Å². The summed E-state index contributed by atoms with van der Waals surface area (Å²) in [5.74, 6) is 0. The van der Waals surface area contributed by atoms with Crippen molar-refractivity contribution in [2.45, 2.75) is 27.3 Å². The minimum absolute atomic E-state index is 0.756. The first-order chi connectivity index (χ1) is 8.16. The van der Waals surface area contributed by atoms with Crippen LogP contribution in [0, 0.1) is 20.8 Å². The van der Waals surface area contributed by atoms with E-state index < -0.39 is 0 Å². The molecule has 0 atom stereocenters. The topological polar surface area (TPSA) is 37.8 Å². The van der Waals surface area contributed by atoms with Crippen LogP contribution in [0.1, 0.15) is 22.3 Å². The fourth-order valence-corrected chi connectivity index (χ4v) is 2.07. The van der Waals surface area contributed by atoms with E-state index in [0.717, 1.165) is 12.1 Å². The predicted molar refractivity (Wildman–Crippen MR) is 70.0 cm³/mol. The largest absolute Gasteiger partial charge is 0.380 e. The van der Waals surface area contributed by atoms with Crippen LogP contribution in [0.4, 0.5) is 5.69 Å². The quantitative estimate of drug-likeness (QED) is 0.875. The lowest BCUT2D eigenvalue weighted by Crippen LogP contribution is -2.04. The summed E-state index contributed by atoms with van der Waals surface area (Å²) in [6.45, 7) is 7.13. The van der Waals surface area contributed by atoms with Gasteiger partial charge in [0, 0.05) is 30.2 Å². The molecule has 3 nitrogen and oxygen atoms in total. The van der Waals surface area contributed by atoms with Crippen molar-refractivity contribution in [3.05, 3.63) is 53.1 Å². The summed E-state index contributed by atoms with van der Waals surface area (Å²) in [7, 11) is 0. The highest BCUT2D eigenvalue weighted by Gasteiger charge is 2.03. The van der Waals surface area contributed by atoms with E-state index in [-0.39, 0.29) is 0 Å². The van der Waals surface area contributed by atoms with E-state index in [1.165, 1.54) is 22.4 Å². The Morgan fingerprint density at radius 1 is 1.00 bits per heavy atom. The Balaban J connectivity index is 2.15. The Bertz CT molecular complexity index is 483. The van der Waals surface area contributed by atoms with Gasteiger partial charge in [-0.15, -0.1) is 0 Å². The van der Waals surface area contributed by atoms with Gasteiger partial charge in [-0.25, -0.2) is 9.97 Å². The molecule has 1 heterocycles. The Morgan fingerprint density at radius 2 is 1.59 bits per heavy atom. The third kappa shape index (κ3) is 2.81. The van der Waals surface area contributed by atoms with Crippen molar-refractivity contribution >= 4 is 5.69 Å². The van der Waals surface area contributed by atoms with Crippen molar-refractivity contribution in [1.82, 2.24) is 9.97 Å². The lowest BCUT2D eigenvalue weighted by Gasteiger charge is -2.13. The van der Waals surface area contributed by atoms with Crippen molar-refractivity contribution in [1.29, 1.82) is 0 Å². The van der Waals surface area contributed by atoms with Gasteiger partial charge in [0.15, 0.2) is 0 Å². The second-order valence-corrected chi connectivity index (χ2v) is 4.37. The third-order valence-corrected chi connectivity index (χ3v) is 2.76. The maximum Gasteiger partial charge on any atom is 0.115 e. The molecule has 2 aromatic rings. The van der Waals surface area contributed by atoms with Crippen LogP contribution in [0.3, 0.4) is 0 Å². The monoisotopic (exact) mass is 227 g/mol. The van der Waals surface area contributed by atoms with Gasteiger partial charge >= 0.3 is 0 Å². The molecule has 0 bridgehead atoms. The molecule has 0 spiro atoms. The Morgan fingerprint density at radius 3 is 2.18 bits per heavy atom. The van der Waals surface area contributed by atoms with Crippen molar-refractivity contribution in [2.75, 3.05) is 5.32 Å². The molecular weight excluding hydrogens is 210 g/mol. The molecule has 0 fully saturated rings. The average molecular weight is 227 g/mol. The van der Waals surface area contributed by atoms with Gasteiger partial charge in [-0.1, -0.05) is 17.7 Å². The van der Waals surface area contributed by atoms with E-state index in [1.54, 1.807) is 6.33 Å². The number of hydrogen-bond donors (Lipinski definition) is 1. The summed E-state index contributed by atoms with van der Waals surface area (Å²) in [5.41, 5.74) is 6.15. The first-order valence-corrected chi connectivity index (χ1v) is 5.72. The highest BCUT2D eigenvalue weighted by molar-refractivity contribution is 5.58. The normalized spacial score (nSPS) is 10.3. The maximum absolute atomic E-state index is 4.00. The standard InChI is InChI=1S/C14H17N3/c1-10-4-11(2)14(12(3)5-10)17-8-13-6-15-9-16-7-13/h4-7,9,17H,8H2,1-3H3. The summed E-state index contributed by atoms with van der Waals surface area (Å²) in [4.78, 5) is 8.01. The fraction of sp³-hybridized carbons (Fsp3) is 0.286. The average Bonchev–Trinajstić information content (AvgIpc) is 2.29. The van der Waals surface area contributed by atoms with Crippen LogP contribution in [-0.2, 0) is 6.54 Å². The maximum atomic E-state index is 4.00. The molecule has 0 unspecified atom stereocenters. The SMILES string of the molecule is Cc1cc(C)c(NCc2cncnc2)c(C)c1. The molecule has 1 N–H and O–H groups in total. The van der Waals surface area contributed by atoms with Gasteiger partial charge in [0.25, 0.3) is 0 Å². The minimum Gasteiger partial charge on any atom is -0.380 e. The molecule has 88 valence electrons. The van der Waals surface area contributed by atoms with Crippen molar-refractivity contribution in [2.24, 2.45) is 0 Å². The van der Waals surface area contributed by atoms with Crippen molar-refractivity contribution < 1.29 is 0 Å². The number of aromatic nitrogens is 2. The zero-order valence-corrected chi connectivity index (χ0v) is 10.5. The first kappa shape index (κ1) is 11.6. The van der Waals surface area contributed by atoms with Gasteiger partial charge in [-0.3, -0.25) is 0 Å². The van der Waals surface area contributed by atoms with Gasteiger partial charge in [0.1, 0.15) is 6.33 Å². The molecule has 0 radical (unpaired) electrons. The number of rotatable bonds is 3. The molecule has 0 saturated carbocycles. The molecule has 17 heavy (non-hydrogen) atoms. The first-order valence-electron chi connectivity index (χ1n) is 5.72. The van der Waals surface area contributed by atoms with Crippen LogP contribution in [-0.4, -0.2) is 9.97 Å². The molecule has 0 aliphatic heterocycles. The summed E-state index contributed by atoms with van der Waals surface area (Å²) >= 11 is 0. The molecule has 1 aromatic heterocycles. The second-order valence-electron chi connectivity index (χ2n) is 4.37. The Labute approximate surface area is 102 Å². The molecule has 1 aromatic carbocycles. The van der Waals surface area contributed by atoms with Gasteiger partial charge in [0.2, 0.25) is 0 Å². The van der Waals surface area contributed by atoms with Gasteiger partial charge in [-0.2, -0.15) is 0 Å². The van der Waals surface area contributed by atoms with E-state index in [4.69, 9.17) is 0 Å². The molecular formula is C14H17N3. The summed E-state index contributed by atoms with van der Waals surface area (Å²) in [5, 5.41) is 3.44.